The highest BCUT2D eigenvalue weighted by molar-refractivity contribution is 6.53. The van der Waals surface area contributed by atoms with E-state index < -0.39 is 9.28 Å². The van der Waals surface area contributed by atoms with Crippen molar-refractivity contribution in [3.8, 4) is 0 Å². The molecule has 0 amide bonds. The quantitative estimate of drug-likeness (QED) is 0.601. The Morgan fingerprint density at radius 3 is 2.45 bits per heavy atom. The van der Waals surface area contributed by atoms with E-state index in [9.17, 15) is 0 Å². The van der Waals surface area contributed by atoms with E-state index in [2.05, 4.69) is 6.08 Å². The van der Waals surface area contributed by atoms with Crippen LogP contribution in [0.25, 0.3) is 0 Å². The molecule has 0 heterocycles. The van der Waals surface area contributed by atoms with E-state index >= 15 is 0 Å². The maximum atomic E-state index is 5.29. The van der Waals surface area contributed by atoms with E-state index in [1.807, 2.05) is 0 Å². The van der Waals surface area contributed by atoms with Gasteiger partial charge in [0.15, 0.2) is 0 Å². The normalized spacial score (nSPS) is 18.6. The van der Waals surface area contributed by atoms with Crippen LogP contribution in [0.3, 0.4) is 0 Å². The largest absolute Gasteiger partial charge is 0.397 e. The minimum absolute atomic E-state index is 1.19. The van der Waals surface area contributed by atoms with Crippen LogP contribution in [0.15, 0.2) is 11.3 Å². The first kappa shape index (κ1) is 8.97. The lowest BCUT2D eigenvalue weighted by atomic mass is 10.1. The lowest BCUT2D eigenvalue weighted by Gasteiger charge is -2.18. The molecule has 0 aromatic rings. The van der Waals surface area contributed by atoms with Gasteiger partial charge < -0.3 is 8.85 Å². The SMILES string of the molecule is CO[SiH](OC)C1=CCCCC1. The van der Waals surface area contributed by atoms with Crippen molar-refractivity contribution in [2.24, 2.45) is 0 Å². The van der Waals surface area contributed by atoms with Crippen LogP contribution in [0.1, 0.15) is 25.7 Å². The Bertz CT molecular complexity index is 141. The molecule has 0 aliphatic heterocycles. The van der Waals surface area contributed by atoms with Crippen LogP contribution in [0.2, 0.25) is 0 Å². The molecular weight excluding hydrogens is 156 g/mol. The number of hydrogen-bond donors (Lipinski definition) is 0. The Labute approximate surface area is 70.0 Å². The monoisotopic (exact) mass is 172 g/mol. The van der Waals surface area contributed by atoms with Crippen LogP contribution >= 0.6 is 0 Å². The predicted molar refractivity (Wildman–Crippen MR) is 47.7 cm³/mol. The predicted octanol–water partition coefficient (Wildman–Crippen LogP) is 1.54. The first-order chi connectivity index (χ1) is 5.38. The molecule has 0 fully saturated rings. The third-order valence-electron chi connectivity index (χ3n) is 2.06. The molecule has 1 rings (SSSR count). The number of rotatable bonds is 3. The molecule has 2 nitrogen and oxygen atoms in total. The van der Waals surface area contributed by atoms with Crippen LogP contribution in [0.4, 0.5) is 0 Å². The van der Waals surface area contributed by atoms with Gasteiger partial charge in [0.05, 0.1) is 0 Å². The molecule has 11 heavy (non-hydrogen) atoms. The maximum Gasteiger partial charge on any atom is 0.350 e. The van der Waals surface area contributed by atoms with Crippen molar-refractivity contribution >= 4 is 9.28 Å². The standard InChI is InChI=1S/C8H16O2Si/c1-9-11(10-2)8-6-4-3-5-7-8/h6,11H,3-5,7H2,1-2H3. The van der Waals surface area contributed by atoms with Crippen molar-refractivity contribution in [1.82, 2.24) is 0 Å². The van der Waals surface area contributed by atoms with E-state index in [1.54, 1.807) is 14.2 Å². The summed E-state index contributed by atoms with van der Waals surface area (Å²) in [6.45, 7) is 0. The summed E-state index contributed by atoms with van der Waals surface area (Å²) in [7, 11) is 2.08. The fourth-order valence-corrected chi connectivity index (χ4v) is 3.07. The molecule has 64 valence electrons. The fourth-order valence-electron chi connectivity index (χ4n) is 1.48. The number of allylic oxidation sites excluding steroid dienone is 2. The van der Waals surface area contributed by atoms with E-state index in [-0.39, 0.29) is 0 Å². The summed E-state index contributed by atoms with van der Waals surface area (Å²) in [4.78, 5) is 0. The third kappa shape index (κ3) is 2.43. The second kappa shape index (κ2) is 4.69. The topological polar surface area (TPSA) is 18.5 Å². The smallest absolute Gasteiger partial charge is 0.350 e. The molecule has 0 radical (unpaired) electrons. The van der Waals surface area contributed by atoms with Crippen molar-refractivity contribution in [3.63, 3.8) is 0 Å². The molecule has 0 unspecified atom stereocenters. The molecule has 0 atom stereocenters. The molecule has 0 N–H and O–H groups in total. The Kier molecular flexibility index (Phi) is 3.83. The molecule has 1 aliphatic rings. The van der Waals surface area contributed by atoms with Crippen molar-refractivity contribution in [2.45, 2.75) is 25.7 Å². The zero-order valence-corrected chi connectivity index (χ0v) is 8.45. The molecule has 0 saturated carbocycles. The van der Waals surface area contributed by atoms with Gasteiger partial charge >= 0.3 is 9.28 Å². The van der Waals surface area contributed by atoms with Crippen molar-refractivity contribution < 1.29 is 8.85 Å². The summed E-state index contributed by atoms with van der Waals surface area (Å²) in [5.74, 6) is 0. The van der Waals surface area contributed by atoms with E-state index in [0.29, 0.717) is 0 Å². The zero-order valence-electron chi connectivity index (χ0n) is 7.30. The van der Waals surface area contributed by atoms with Gasteiger partial charge in [0.25, 0.3) is 0 Å². The number of hydrogen-bond acceptors (Lipinski definition) is 2. The van der Waals surface area contributed by atoms with Crippen LogP contribution in [0.5, 0.6) is 0 Å². The summed E-state index contributed by atoms with van der Waals surface area (Å²) >= 11 is 0. The highest BCUT2D eigenvalue weighted by Crippen LogP contribution is 2.19. The molecule has 0 bridgehead atoms. The third-order valence-corrected chi connectivity index (χ3v) is 4.04. The minimum Gasteiger partial charge on any atom is -0.397 e. The minimum atomic E-state index is -1.41. The maximum absolute atomic E-state index is 5.29. The van der Waals surface area contributed by atoms with Gasteiger partial charge in [0.1, 0.15) is 0 Å². The van der Waals surface area contributed by atoms with Crippen LogP contribution in [-0.4, -0.2) is 23.5 Å². The van der Waals surface area contributed by atoms with Gasteiger partial charge in [-0.25, -0.2) is 0 Å². The lowest BCUT2D eigenvalue weighted by molar-refractivity contribution is 0.284. The van der Waals surface area contributed by atoms with Gasteiger partial charge in [-0.1, -0.05) is 6.08 Å². The lowest BCUT2D eigenvalue weighted by Crippen LogP contribution is -2.23. The summed E-state index contributed by atoms with van der Waals surface area (Å²) in [5.41, 5.74) is 0. The van der Waals surface area contributed by atoms with Crippen LogP contribution in [0, 0.1) is 0 Å². The van der Waals surface area contributed by atoms with Gasteiger partial charge in [0, 0.05) is 14.2 Å². The summed E-state index contributed by atoms with van der Waals surface area (Å²) in [6, 6.07) is 0. The molecule has 0 aromatic heterocycles. The summed E-state index contributed by atoms with van der Waals surface area (Å²) in [6.07, 6.45) is 7.34. The average Bonchev–Trinajstić information content (AvgIpc) is 2.09. The second-order valence-electron chi connectivity index (χ2n) is 2.83. The second-order valence-corrected chi connectivity index (χ2v) is 5.18. The van der Waals surface area contributed by atoms with Crippen LogP contribution < -0.4 is 0 Å². The van der Waals surface area contributed by atoms with Crippen molar-refractivity contribution in [1.29, 1.82) is 0 Å². The van der Waals surface area contributed by atoms with E-state index in [1.165, 1.54) is 30.9 Å². The summed E-state index contributed by atoms with van der Waals surface area (Å²) in [5, 5.41) is 1.45. The molecule has 3 heteroatoms. The van der Waals surface area contributed by atoms with E-state index in [4.69, 9.17) is 8.85 Å². The Morgan fingerprint density at radius 2 is 2.00 bits per heavy atom. The summed E-state index contributed by atoms with van der Waals surface area (Å²) < 4.78 is 10.6. The Balaban J connectivity index is 2.48. The molecule has 0 aromatic carbocycles. The van der Waals surface area contributed by atoms with Gasteiger partial charge in [-0.3, -0.25) is 0 Å². The first-order valence-electron chi connectivity index (χ1n) is 4.13. The van der Waals surface area contributed by atoms with E-state index in [0.717, 1.165) is 0 Å². The highest BCUT2D eigenvalue weighted by Gasteiger charge is 2.17. The van der Waals surface area contributed by atoms with Crippen LogP contribution in [-0.2, 0) is 8.85 Å². The average molecular weight is 172 g/mol. The first-order valence-corrected chi connectivity index (χ1v) is 5.65. The molecule has 0 spiro atoms. The Hall–Kier alpha value is -0.123. The molecule has 0 saturated heterocycles. The van der Waals surface area contributed by atoms with Crippen molar-refractivity contribution in [2.75, 3.05) is 14.2 Å². The highest BCUT2D eigenvalue weighted by atomic mass is 28.3. The zero-order chi connectivity index (χ0) is 8.10. The molecule has 1 aliphatic carbocycles. The van der Waals surface area contributed by atoms with Gasteiger partial charge in [0.2, 0.25) is 0 Å². The van der Waals surface area contributed by atoms with Gasteiger partial charge in [-0.2, -0.15) is 0 Å². The van der Waals surface area contributed by atoms with Gasteiger partial charge in [-0.15, -0.1) is 0 Å². The fraction of sp³-hybridized carbons (Fsp3) is 0.750. The molecular formula is C8H16O2Si. The van der Waals surface area contributed by atoms with Crippen molar-refractivity contribution in [3.05, 3.63) is 11.3 Å². The van der Waals surface area contributed by atoms with Gasteiger partial charge in [-0.05, 0) is 30.9 Å². The Morgan fingerprint density at radius 1 is 1.27 bits per heavy atom.